The van der Waals surface area contributed by atoms with E-state index in [0.29, 0.717) is 5.69 Å². The van der Waals surface area contributed by atoms with Crippen LogP contribution in [-0.4, -0.2) is 7.05 Å². The Morgan fingerprint density at radius 2 is 1.56 bits per heavy atom. The third kappa shape index (κ3) is 2.36. The fourth-order valence-electron chi connectivity index (χ4n) is 2.03. The van der Waals surface area contributed by atoms with Crippen LogP contribution in [0.4, 0.5) is 15.8 Å². The van der Waals surface area contributed by atoms with Gasteiger partial charge in [-0.05, 0) is 30.7 Å². The monoisotopic (exact) mass is 244 g/mol. The van der Waals surface area contributed by atoms with E-state index in [1.807, 2.05) is 49.2 Å². The normalized spacial score (nSPS) is 12.2. The summed E-state index contributed by atoms with van der Waals surface area (Å²) in [7, 11) is 1.85. The molecule has 0 aliphatic rings. The van der Waals surface area contributed by atoms with Gasteiger partial charge in [0.15, 0.2) is 0 Å². The Labute approximate surface area is 107 Å². The molecule has 2 rings (SSSR count). The molecule has 0 radical (unpaired) electrons. The molecule has 2 aromatic rings. The lowest BCUT2D eigenvalue weighted by Gasteiger charge is -2.24. The Hall–Kier alpha value is -1.87. The van der Waals surface area contributed by atoms with Gasteiger partial charge in [0.25, 0.3) is 0 Å². The number of hydrogen-bond acceptors (Lipinski definition) is 2. The molecule has 0 saturated heterocycles. The number of nitrogens with zero attached hydrogens (tertiary/aromatic N) is 1. The molecule has 0 fully saturated rings. The number of nitrogens with two attached hydrogens (primary N) is 1. The summed E-state index contributed by atoms with van der Waals surface area (Å²) in [4.78, 5) is 1.83. The first kappa shape index (κ1) is 12.6. The van der Waals surface area contributed by atoms with Crippen molar-refractivity contribution in [1.29, 1.82) is 0 Å². The average Bonchev–Trinajstić information content (AvgIpc) is 2.38. The van der Waals surface area contributed by atoms with Gasteiger partial charge in [-0.2, -0.15) is 0 Å². The lowest BCUT2D eigenvalue weighted by atomic mass is 10.1. The second kappa shape index (κ2) is 5.19. The number of anilines is 2. The van der Waals surface area contributed by atoms with Crippen LogP contribution < -0.4 is 10.6 Å². The molecule has 1 atom stereocenters. The molecule has 3 heteroatoms. The fourth-order valence-corrected chi connectivity index (χ4v) is 2.03. The smallest absolute Gasteiger partial charge is 0.146 e. The van der Waals surface area contributed by atoms with E-state index < -0.39 is 0 Å². The molecular formula is C15H17FN2. The van der Waals surface area contributed by atoms with E-state index in [0.717, 1.165) is 11.3 Å². The fraction of sp³-hybridized carbons (Fsp3) is 0.200. The van der Waals surface area contributed by atoms with Crippen molar-refractivity contribution >= 4 is 11.4 Å². The maximum absolute atomic E-state index is 13.8. The number of hydrogen-bond donors (Lipinski definition) is 1. The van der Waals surface area contributed by atoms with E-state index in [2.05, 4.69) is 0 Å². The average molecular weight is 244 g/mol. The van der Waals surface area contributed by atoms with Crippen molar-refractivity contribution in [2.75, 3.05) is 11.9 Å². The third-order valence-electron chi connectivity index (χ3n) is 3.00. The summed E-state index contributed by atoms with van der Waals surface area (Å²) >= 11 is 0. The second-order valence-corrected chi connectivity index (χ2v) is 4.36. The van der Waals surface area contributed by atoms with Crippen molar-refractivity contribution in [3.8, 4) is 0 Å². The first-order valence-corrected chi connectivity index (χ1v) is 5.94. The van der Waals surface area contributed by atoms with Gasteiger partial charge in [-0.1, -0.05) is 30.3 Å². The Balaban J connectivity index is 2.46. The van der Waals surface area contributed by atoms with Crippen LogP contribution in [0.2, 0.25) is 0 Å². The minimum atomic E-state index is -0.237. The standard InChI is InChI=1S/C15H17FN2/c1-11(17)12-7-3-5-9-14(12)18(2)15-10-6-4-8-13(15)16/h3-11H,17H2,1-2H3. The van der Waals surface area contributed by atoms with Gasteiger partial charge in [0.1, 0.15) is 5.82 Å². The van der Waals surface area contributed by atoms with Crippen LogP contribution in [0.25, 0.3) is 0 Å². The molecule has 1 unspecified atom stereocenters. The Morgan fingerprint density at radius 1 is 1.00 bits per heavy atom. The zero-order valence-electron chi connectivity index (χ0n) is 10.6. The van der Waals surface area contributed by atoms with E-state index in [4.69, 9.17) is 5.73 Å². The van der Waals surface area contributed by atoms with Gasteiger partial charge in [-0.25, -0.2) is 4.39 Å². The van der Waals surface area contributed by atoms with Gasteiger partial charge in [-0.3, -0.25) is 0 Å². The Kier molecular flexibility index (Phi) is 3.63. The lowest BCUT2D eigenvalue weighted by Crippen LogP contribution is -2.16. The first-order chi connectivity index (χ1) is 8.61. The van der Waals surface area contributed by atoms with Gasteiger partial charge in [0.05, 0.1) is 5.69 Å². The summed E-state index contributed by atoms with van der Waals surface area (Å²) in [6.45, 7) is 1.92. The SMILES string of the molecule is CC(N)c1ccccc1N(C)c1ccccc1F. The Bertz CT molecular complexity index is 538. The van der Waals surface area contributed by atoms with Crippen molar-refractivity contribution in [3.05, 3.63) is 59.9 Å². The van der Waals surface area contributed by atoms with Crippen LogP contribution >= 0.6 is 0 Å². The number of rotatable bonds is 3. The summed E-state index contributed by atoms with van der Waals surface area (Å²) in [5.74, 6) is -0.237. The highest BCUT2D eigenvalue weighted by molar-refractivity contribution is 5.66. The quantitative estimate of drug-likeness (QED) is 0.893. The zero-order chi connectivity index (χ0) is 13.1. The van der Waals surface area contributed by atoms with Crippen molar-refractivity contribution in [2.45, 2.75) is 13.0 Å². The third-order valence-corrected chi connectivity index (χ3v) is 3.00. The molecule has 0 aliphatic heterocycles. The predicted octanol–water partition coefficient (Wildman–Crippen LogP) is 3.61. The van der Waals surface area contributed by atoms with Crippen molar-refractivity contribution in [3.63, 3.8) is 0 Å². The summed E-state index contributed by atoms with van der Waals surface area (Å²) < 4.78 is 13.8. The van der Waals surface area contributed by atoms with Gasteiger partial charge >= 0.3 is 0 Å². The van der Waals surface area contributed by atoms with Crippen LogP contribution in [0.1, 0.15) is 18.5 Å². The number of benzene rings is 2. The molecule has 2 aromatic carbocycles. The van der Waals surface area contributed by atoms with Crippen molar-refractivity contribution < 1.29 is 4.39 Å². The maximum atomic E-state index is 13.8. The minimum absolute atomic E-state index is 0.0876. The molecule has 0 amide bonds. The molecule has 2 N–H and O–H groups in total. The van der Waals surface area contributed by atoms with Crippen molar-refractivity contribution in [1.82, 2.24) is 0 Å². The Morgan fingerprint density at radius 3 is 2.17 bits per heavy atom. The molecule has 94 valence electrons. The molecule has 0 bridgehead atoms. The van der Waals surface area contributed by atoms with Crippen LogP contribution in [0.3, 0.4) is 0 Å². The second-order valence-electron chi connectivity index (χ2n) is 4.36. The van der Waals surface area contributed by atoms with Crippen LogP contribution in [-0.2, 0) is 0 Å². The van der Waals surface area contributed by atoms with Crippen LogP contribution in [0.5, 0.6) is 0 Å². The highest BCUT2D eigenvalue weighted by Gasteiger charge is 2.13. The number of para-hydroxylation sites is 2. The van der Waals surface area contributed by atoms with E-state index in [9.17, 15) is 4.39 Å². The van der Waals surface area contributed by atoms with Crippen LogP contribution in [0, 0.1) is 5.82 Å². The molecule has 18 heavy (non-hydrogen) atoms. The van der Waals surface area contributed by atoms with E-state index >= 15 is 0 Å². The highest BCUT2D eigenvalue weighted by atomic mass is 19.1. The molecular weight excluding hydrogens is 227 g/mol. The number of halogens is 1. The van der Waals surface area contributed by atoms with Gasteiger partial charge < -0.3 is 10.6 Å². The summed E-state index contributed by atoms with van der Waals surface area (Å²) in [6.07, 6.45) is 0. The van der Waals surface area contributed by atoms with Crippen molar-refractivity contribution in [2.24, 2.45) is 5.73 Å². The molecule has 0 spiro atoms. The van der Waals surface area contributed by atoms with E-state index in [1.165, 1.54) is 6.07 Å². The van der Waals surface area contributed by atoms with Gasteiger partial charge in [0, 0.05) is 18.8 Å². The van der Waals surface area contributed by atoms with Crippen LogP contribution in [0.15, 0.2) is 48.5 Å². The molecule has 2 nitrogen and oxygen atoms in total. The zero-order valence-corrected chi connectivity index (χ0v) is 10.6. The molecule has 0 saturated carbocycles. The molecule has 0 aliphatic carbocycles. The lowest BCUT2D eigenvalue weighted by molar-refractivity contribution is 0.627. The summed E-state index contributed by atoms with van der Waals surface area (Å²) in [5, 5.41) is 0. The van der Waals surface area contributed by atoms with E-state index in [-0.39, 0.29) is 11.9 Å². The molecule has 0 aromatic heterocycles. The predicted molar refractivity (Wildman–Crippen MR) is 73.5 cm³/mol. The summed E-state index contributed by atoms with van der Waals surface area (Å²) in [5.41, 5.74) is 8.43. The summed E-state index contributed by atoms with van der Waals surface area (Å²) in [6, 6.07) is 14.4. The minimum Gasteiger partial charge on any atom is -0.342 e. The maximum Gasteiger partial charge on any atom is 0.146 e. The highest BCUT2D eigenvalue weighted by Crippen LogP contribution is 2.31. The first-order valence-electron chi connectivity index (χ1n) is 5.94. The topological polar surface area (TPSA) is 29.3 Å². The van der Waals surface area contributed by atoms with Gasteiger partial charge in [-0.15, -0.1) is 0 Å². The largest absolute Gasteiger partial charge is 0.342 e. The van der Waals surface area contributed by atoms with E-state index in [1.54, 1.807) is 12.1 Å². The van der Waals surface area contributed by atoms with Gasteiger partial charge in [0.2, 0.25) is 0 Å². The molecule has 0 heterocycles.